The number of rotatable bonds is 4. The third-order valence-corrected chi connectivity index (χ3v) is 3.44. The summed E-state index contributed by atoms with van der Waals surface area (Å²) in [5, 5.41) is 0. The summed E-state index contributed by atoms with van der Waals surface area (Å²) < 4.78 is 5.60. The lowest BCUT2D eigenvalue weighted by Gasteiger charge is -2.05. The molecule has 2 N–H and O–H groups in total. The maximum Gasteiger partial charge on any atom is 0.166 e. The SMILES string of the molecule is CCc1ccc(COc2cccnc2N)s1. The molecule has 2 aromatic heterocycles. The van der Waals surface area contributed by atoms with E-state index >= 15 is 0 Å². The van der Waals surface area contributed by atoms with Crippen LogP contribution in [0.25, 0.3) is 0 Å². The highest BCUT2D eigenvalue weighted by atomic mass is 32.1. The third-order valence-electron chi connectivity index (χ3n) is 2.24. The van der Waals surface area contributed by atoms with Crippen LogP contribution in [0.15, 0.2) is 30.5 Å². The number of nitrogens with zero attached hydrogens (tertiary/aromatic N) is 1. The lowest BCUT2D eigenvalue weighted by molar-refractivity contribution is 0.310. The smallest absolute Gasteiger partial charge is 0.166 e. The monoisotopic (exact) mass is 234 g/mol. The molecule has 0 atom stereocenters. The van der Waals surface area contributed by atoms with E-state index < -0.39 is 0 Å². The number of pyridine rings is 1. The molecule has 0 saturated carbocycles. The van der Waals surface area contributed by atoms with Gasteiger partial charge in [-0.1, -0.05) is 6.92 Å². The van der Waals surface area contributed by atoms with Crippen LogP contribution in [0.5, 0.6) is 5.75 Å². The van der Waals surface area contributed by atoms with Crippen molar-refractivity contribution in [3.8, 4) is 5.75 Å². The van der Waals surface area contributed by atoms with Gasteiger partial charge < -0.3 is 10.5 Å². The highest BCUT2D eigenvalue weighted by Crippen LogP contribution is 2.22. The average Bonchev–Trinajstić information content (AvgIpc) is 2.76. The minimum Gasteiger partial charge on any atom is -0.484 e. The Labute approximate surface area is 98.9 Å². The van der Waals surface area contributed by atoms with Crippen molar-refractivity contribution in [2.24, 2.45) is 0 Å². The van der Waals surface area contributed by atoms with E-state index in [-0.39, 0.29) is 0 Å². The third kappa shape index (κ3) is 2.52. The van der Waals surface area contributed by atoms with E-state index in [2.05, 4.69) is 24.0 Å². The number of anilines is 1. The Morgan fingerprint density at radius 2 is 2.12 bits per heavy atom. The first kappa shape index (κ1) is 11.0. The molecular weight excluding hydrogens is 220 g/mol. The fraction of sp³-hybridized carbons (Fsp3) is 0.250. The van der Waals surface area contributed by atoms with Crippen molar-refractivity contribution >= 4 is 17.2 Å². The zero-order chi connectivity index (χ0) is 11.4. The molecule has 0 spiro atoms. The van der Waals surface area contributed by atoms with Crippen LogP contribution in [0.3, 0.4) is 0 Å². The predicted molar refractivity (Wildman–Crippen MR) is 66.7 cm³/mol. The lowest BCUT2D eigenvalue weighted by Crippen LogP contribution is -1.98. The molecule has 4 heteroatoms. The van der Waals surface area contributed by atoms with Gasteiger partial charge in [-0.2, -0.15) is 0 Å². The number of thiophene rings is 1. The summed E-state index contributed by atoms with van der Waals surface area (Å²) >= 11 is 1.77. The minimum atomic E-state index is 0.440. The first-order valence-corrected chi connectivity index (χ1v) is 6.02. The molecule has 0 fully saturated rings. The molecule has 0 aliphatic heterocycles. The summed E-state index contributed by atoms with van der Waals surface area (Å²) in [6.07, 6.45) is 2.72. The van der Waals surface area contributed by atoms with Crippen molar-refractivity contribution in [2.45, 2.75) is 20.0 Å². The molecule has 3 nitrogen and oxygen atoms in total. The van der Waals surface area contributed by atoms with Crippen molar-refractivity contribution in [3.05, 3.63) is 40.2 Å². The normalized spacial score (nSPS) is 10.3. The fourth-order valence-corrected chi connectivity index (χ4v) is 2.23. The van der Waals surface area contributed by atoms with E-state index in [1.54, 1.807) is 17.5 Å². The molecule has 0 unspecified atom stereocenters. The van der Waals surface area contributed by atoms with Crippen LogP contribution >= 0.6 is 11.3 Å². The standard InChI is InChI=1S/C12H14N2OS/c1-2-9-5-6-10(16-9)8-15-11-4-3-7-14-12(11)13/h3-7H,2,8H2,1H3,(H2,13,14). The van der Waals surface area contributed by atoms with Gasteiger partial charge in [-0.15, -0.1) is 11.3 Å². The first-order valence-electron chi connectivity index (χ1n) is 5.20. The molecule has 0 aromatic carbocycles. The van der Waals surface area contributed by atoms with Gasteiger partial charge in [-0.05, 0) is 30.7 Å². The van der Waals surface area contributed by atoms with Gasteiger partial charge in [0.05, 0.1) is 0 Å². The predicted octanol–water partition coefficient (Wildman–Crippen LogP) is 2.87. The Bertz CT molecular complexity index is 468. The van der Waals surface area contributed by atoms with Gasteiger partial charge >= 0.3 is 0 Å². The van der Waals surface area contributed by atoms with Crippen LogP contribution in [0.1, 0.15) is 16.7 Å². The Balaban J connectivity index is 1.99. The number of aryl methyl sites for hydroxylation is 1. The summed E-state index contributed by atoms with van der Waals surface area (Å²) in [5.41, 5.74) is 5.68. The van der Waals surface area contributed by atoms with Gasteiger partial charge in [0.1, 0.15) is 6.61 Å². The maximum atomic E-state index is 5.68. The second-order valence-corrected chi connectivity index (χ2v) is 4.65. The molecule has 0 amide bonds. The number of nitrogens with two attached hydrogens (primary N) is 1. The molecule has 0 aliphatic rings. The summed E-state index contributed by atoms with van der Waals surface area (Å²) in [5.74, 6) is 1.09. The second-order valence-electron chi connectivity index (χ2n) is 3.40. The van der Waals surface area contributed by atoms with Gasteiger partial charge in [0, 0.05) is 16.0 Å². The van der Waals surface area contributed by atoms with E-state index in [4.69, 9.17) is 10.5 Å². The number of aromatic nitrogens is 1. The van der Waals surface area contributed by atoms with Gasteiger partial charge in [-0.25, -0.2) is 4.98 Å². The van der Waals surface area contributed by atoms with E-state index in [9.17, 15) is 0 Å². The Hall–Kier alpha value is -1.55. The molecule has 16 heavy (non-hydrogen) atoms. The highest BCUT2D eigenvalue weighted by molar-refractivity contribution is 7.11. The van der Waals surface area contributed by atoms with Crippen LogP contribution in [-0.4, -0.2) is 4.98 Å². The molecule has 0 aliphatic carbocycles. The number of nitrogen functional groups attached to an aromatic ring is 1. The number of hydrogen-bond donors (Lipinski definition) is 1. The Morgan fingerprint density at radius 3 is 2.81 bits per heavy atom. The van der Waals surface area contributed by atoms with Crippen molar-refractivity contribution in [1.29, 1.82) is 0 Å². The molecular formula is C12H14N2OS. The van der Waals surface area contributed by atoms with Crippen molar-refractivity contribution in [1.82, 2.24) is 4.98 Å². The van der Waals surface area contributed by atoms with Crippen LogP contribution in [0.2, 0.25) is 0 Å². The van der Waals surface area contributed by atoms with Crippen LogP contribution < -0.4 is 10.5 Å². The molecule has 84 valence electrons. The zero-order valence-corrected chi connectivity index (χ0v) is 9.96. The summed E-state index contributed by atoms with van der Waals surface area (Å²) in [4.78, 5) is 6.55. The van der Waals surface area contributed by atoms with Gasteiger partial charge in [0.25, 0.3) is 0 Å². The average molecular weight is 234 g/mol. The number of hydrogen-bond acceptors (Lipinski definition) is 4. The zero-order valence-electron chi connectivity index (χ0n) is 9.14. The lowest BCUT2D eigenvalue weighted by atomic mass is 10.4. The summed E-state index contributed by atoms with van der Waals surface area (Å²) in [6, 6.07) is 7.88. The van der Waals surface area contributed by atoms with Gasteiger partial charge in [-0.3, -0.25) is 0 Å². The Morgan fingerprint density at radius 1 is 1.31 bits per heavy atom. The van der Waals surface area contributed by atoms with Crippen molar-refractivity contribution in [2.75, 3.05) is 5.73 Å². The van der Waals surface area contributed by atoms with E-state index in [0.29, 0.717) is 18.2 Å². The molecule has 2 rings (SSSR count). The quantitative estimate of drug-likeness (QED) is 0.885. The van der Waals surface area contributed by atoms with E-state index in [1.165, 1.54) is 9.75 Å². The van der Waals surface area contributed by atoms with Crippen molar-refractivity contribution in [3.63, 3.8) is 0 Å². The molecule has 0 saturated heterocycles. The minimum absolute atomic E-state index is 0.440. The van der Waals surface area contributed by atoms with Crippen LogP contribution in [-0.2, 0) is 13.0 Å². The second kappa shape index (κ2) is 4.99. The maximum absolute atomic E-state index is 5.68. The highest BCUT2D eigenvalue weighted by Gasteiger charge is 2.02. The molecule has 2 heterocycles. The fourth-order valence-electron chi connectivity index (χ4n) is 1.36. The Kier molecular flexibility index (Phi) is 3.41. The summed E-state index contributed by atoms with van der Waals surface area (Å²) in [7, 11) is 0. The van der Waals surface area contributed by atoms with Crippen LogP contribution in [0.4, 0.5) is 5.82 Å². The van der Waals surface area contributed by atoms with Crippen LogP contribution in [0, 0.1) is 0 Å². The van der Waals surface area contributed by atoms with Crippen molar-refractivity contribution < 1.29 is 4.74 Å². The topological polar surface area (TPSA) is 48.1 Å². The first-order chi connectivity index (χ1) is 7.79. The van der Waals surface area contributed by atoms with E-state index in [1.807, 2.05) is 12.1 Å². The van der Waals surface area contributed by atoms with E-state index in [0.717, 1.165) is 6.42 Å². The molecule has 2 aromatic rings. The molecule has 0 radical (unpaired) electrons. The van der Waals surface area contributed by atoms with Gasteiger partial charge in [0.2, 0.25) is 0 Å². The van der Waals surface area contributed by atoms with Gasteiger partial charge in [0.15, 0.2) is 11.6 Å². The molecule has 0 bridgehead atoms. The largest absolute Gasteiger partial charge is 0.484 e. The number of ether oxygens (including phenoxy) is 1. The summed E-state index contributed by atoms with van der Waals surface area (Å²) in [6.45, 7) is 2.70.